The maximum absolute atomic E-state index is 12.3. The second kappa shape index (κ2) is 6.69. The molecule has 2 aromatic rings. The first-order valence-corrected chi connectivity index (χ1v) is 6.54. The maximum atomic E-state index is 12.3. The number of amides is 1. The van der Waals surface area contributed by atoms with Gasteiger partial charge in [0.15, 0.2) is 5.69 Å². The molecule has 21 heavy (non-hydrogen) atoms. The summed E-state index contributed by atoms with van der Waals surface area (Å²) in [4.78, 5) is 24.4. The van der Waals surface area contributed by atoms with Crippen molar-refractivity contribution in [1.82, 2.24) is 10.1 Å². The number of rotatable bonds is 6. The average molecular weight is 288 g/mol. The van der Waals surface area contributed by atoms with Gasteiger partial charge in [-0.15, -0.1) is 0 Å². The highest BCUT2D eigenvalue weighted by molar-refractivity contribution is 5.94. The van der Waals surface area contributed by atoms with Crippen LogP contribution >= 0.6 is 0 Å². The van der Waals surface area contributed by atoms with E-state index in [0.29, 0.717) is 18.7 Å². The van der Waals surface area contributed by atoms with E-state index in [1.54, 1.807) is 6.92 Å². The summed E-state index contributed by atoms with van der Waals surface area (Å²) in [5.74, 6) is -0.988. The van der Waals surface area contributed by atoms with E-state index in [9.17, 15) is 9.59 Å². The number of carbonyl (C=O) groups is 2. The second-order valence-corrected chi connectivity index (χ2v) is 4.68. The zero-order valence-corrected chi connectivity index (χ0v) is 11.7. The lowest BCUT2D eigenvalue weighted by Crippen LogP contribution is -2.37. The van der Waals surface area contributed by atoms with Crippen LogP contribution in [0.3, 0.4) is 0 Å². The number of aliphatic carboxylic acids is 1. The largest absolute Gasteiger partial charge is 0.480 e. The monoisotopic (exact) mass is 288 g/mol. The van der Waals surface area contributed by atoms with E-state index in [4.69, 9.17) is 9.63 Å². The van der Waals surface area contributed by atoms with Crippen molar-refractivity contribution < 1.29 is 19.2 Å². The van der Waals surface area contributed by atoms with Crippen molar-refractivity contribution >= 4 is 11.9 Å². The molecule has 1 aromatic heterocycles. The molecule has 6 nitrogen and oxygen atoms in total. The van der Waals surface area contributed by atoms with Crippen molar-refractivity contribution in [2.75, 3.05) is 13.1 Å². The molecule has 0 fully saturated rings. The fourth-order valence-corrected chi connectivity index (χ4v) is 1.95. The highest BCUT2D eigenvalue weighted by atomic mass is 16.5. The van der Waals surface area contributed by atoms with Gasteiger partial charge in [0.25, 0.3) is 5.91 Å². The lowest BCUT2D eigenvalue weighted by Gasteiger charge is -2.19. The molecular formula is C15H16N2O4. The first-order chi connectivity index (χ1) is 10.1. The summed E-state index contributed by atoms with van der Waals surface area (Å²) < 4.78 is 4.86. The van der Waals surface area contributed by atoms with Gasteiger partial charge in [0.2, 0.25) is 0 Å². The summed E-state index contributed by atoms with van der Waals surface area (Å²) >= 11 is 0. The summed E-state index contributed by atoms with van der Waals surface area (Å²) in [6.45, 7) is 1.62. The summed E-state index contributed by atoms with van der Waals surface area (Å²) in [6, 6.07) is 11.1. The molecule has 110 valence electrons. The van der Waals surface area contributed by atoms with E-state index in [1.165, 1.54) is 11.0 Å². The third-order valence-electron chi connectivity index (χ3n) is 2.97. The molecule has 0 atom stereocenters. The summed E-state index contributed by atoms with van der Waals surface area (Å²) in [7, 11) is 0. The number of carboxylic acid groups (broad SMARTS) is 1. The van der Waals surface area contributed by atoms with Crippen LogP contribution in [0, 0.1) is 6.92 Å². The van der Waals surface area contributed by atoms with Crippen LogP contribution in [0.15, 0.2) is 40.9 Å². The van der Waals surface area contributed by atoms with Crippen LogP contribution in [0.4, 0.5) is 0 Å². The van der Waals surface area contributed by atoms with Crippen molar-refractivity contribution in [2.24, 2.45) is 0 Å². The molecule has 0 aliphatic carbocycles. The van der Waals surface area contributed by atoms with E-state index in [1.807, 2.05) is 30.3 Å². The van der Waals surface area contributed by atoms with E-state index in [0.717, 1.165) is 5.56 Å². The number of aryl methyl sites for hydroxylation is 1. The molecule has 0 aliphatic heterocycles. The zero-order valence-electron chi connectivity index (χ0n) is 11.7. The molecular weight excluding hydrogens is 272 g/mol. The summed E-state index contributed by atoms with van der Waals surface area (Å²) in [5, 5.41) is 12.6. The van der Waals surface area contributed by atoms with E-state index in [2.05, 4.69) is 5.16 Å². The Morgan fingerprint density at radius 1 is 1.29 bits per heavy atom. The molecule has 0 spiro atoms. The van der Waals surface area contributed by atoms with E-state index in [-0.39, 0.29) is 12.2 Å². The SMILES string of the molecule is Cc1cc(C(=O)N(CCc2ccccc2)CC(=O)O)no1. The zero-order chi connectivity index (χ0) is 15.2. The van der Waals surface area contributed by atoms with Gasteiger partial charge in [0.05, 0.1) is 0 Å². The molecule has 2 rings (SSSR count). The fraction of sp³-hybridized carbons (Fsp3) is 0.267. The Bertz CT molecular complexity index is 622. The average Bonchev–Trinajstić information content (AvgIpc) is 2.90. The van der Waals surface area contributed by atoms with Gasteiger partial charge in [0, 0.05) is 12.6 Å². The number of benzene rings is 1. The third kappa shape index (κ3) is 4.17. The lowest BCUT2D eigenvalue weighted by molar-refractivity contribution is -0.137. The highest BCUT2D eigenvalue weighted by Gasteiger charge is 2.21. The highest BCUT2D eigenvalue weighted by Crippen LogP contribution is 2.08. The Morgan fingerprint density at radius 3 is 2.57 bits per heavy atom. The van der Waals surface area contributed by atoms with Gasteiger partial charge in [0.1, 0.15) is 12.3 Å². The second-order valence-electron chi connectivity index (χ2n) is 4.68. The minimum absolute atomic E-state index is 0.127. The smallest absolute Gasteiger partial charge is 0.323 e. The Kier molecular flexibility index (Phi) is 4.71. The van der Waals surface area contributed by atoms with Crippen molar-refractivity contribution in [3.63, 3.8) is 0 Å². The minimum Gasteiger partial charge on any atom is -0.480 e. The van der Waals surface area contributed by atoms with Gasteiger partial charge in [-0.25, -0.2) is 0 Å². The van der Waals surface area contributed by atoms with Crippen LogP contribution in [0.25, 0.3) is 0 Å². The third-order valence-corrected chi connectivity index (χ3v) is 2.97. The molecule has 0 saturated heterocycles. The minimum atomic E-state index is -1.06. The maximum Gasteiger partial charge on any atom is 0.323 e. The lowest BCUT2D eigenvalue weighted by atomic mass is 10.1. The number of nitrogens with zero attached hydrogens (tertiary/aromatic N) is 2. The normalized spacial score (nSPS) is 10.3. The van der Waals surface area contributed by atoms with Crippen LogP contribution < -0.4 is 0 Å². The van der Waals surface area contributed by atoms with Gasteiger partial charge < -0.3 is 14.5 Å². The van der Waals surface area contributed by atoms with Crippen LogP contribution in [-0.4, -0.2) is 40.1 Å². The van der Waals surface area contributed by atoms with Gasteiger partial charge in [-0.1, -0.05) is 35.5 Å². The molecule has 1 heterocycles. The van der Waals surface area contributed by atoms with Crippen LogP contribution in [-0.2, 0) is 11.2 Å². The standard InChI is InChI=1S/C15H16N2O4/c1-11-9-13(16-21-11)15(20)17(10-14(18)19)8-7-12-5-3-2-4-6-12/h2-6,9H,7-8,10H2,1H3,(H,18,19). The first kappa shape index (κ1) is 14.8. The number of carbonyl (C=O) groups excluding carboxylic acids is 1. The van der Waals surface area contributed by atoms with Crippen molar-refractivity contribution in [3.05, 3.63) is 53.4 Å². The van der Waals surface area contributed by atoms with Gasteiger partial charge in [-0.3, -0.25) is 9.59 Å². The molecule has 6 heteroatoms. The van der Waals surface area contributed by atoms with E-state index < -0.39 is 11.9 Å². The van der Waals surface area contributed by atoms with Gasteiger partial charge in [-0.05, 0) is 18.9 Å². The Labute approximate surface area is 122 Å². The van der Waals surface area contributed by atoms with Crippen molar-refractivity contribution in [3.8, 4) is 0 Å². The molecule has 0 unspecified atom stereocenters. The van der Waals surface area contributed by atoms with Gasteiger partial charge >= 0.3 is 5.97 Å². The number of aromatic nitrogens is 1. The van der Waals surface area contributed by atoms with Crippen LogP contribution in [0.5, 0.6) is 0 Å². The summed E-state index contributed by atoms with van der Waals surface area (Å²) in [6.07, 6.45) is 0.580. The first-order valence-electron chi connectivity index (χ1n) is 6.54. The predicted octanol–water partition coefficient (Wildman–Crippen LogP) is 1.75. The molecule has 0 radical (unpaired) electrons. The molecule has 0 saturated carbocycles. The van der Waals surface area contributed by atoms with Crippen molar-refractivity contribution in [2.45, 2.75) is 13.3 Å². The predicted molar refractivity (Wildman–Crippen MR) is 74.9 cm³/mol. The molecule has 0 bridgehead atoms. The Hall–Kier alpha value is -2.63. The molecule has 1 N–H and O–H groups in total. The number of hydrogen-bond acceptors (Lipinski definition) is 4. The van der Waals surface area contributed by atoms with Crippen molar-refractivity contribution in [1.29, 1.82) is 0 Å². The number of hydrogen-bond donors (Lipinski definition) is 1. The topological polar surface area (TPSA) is 83.6 Å². The summed E-state index contributed by atoms with van der Waals surface area (Å²) in [5.41, 5.74) is 1.17. The quantitative estimate of drug-likeness (QED) is 0.875. The Balaban J connectivity index is 2.07. The molecule has 1 amide bonds. The van der Waals surface area contributed by atoms with Gasteiger partial charge in [-0.2, -0.15) is 0 Å². The van der Waals surface area contributed by atoms with Crippen LogP contribution in [0.2, 0.25) is 0 Å². The Morgan fingerprint density at radius 2 is 2.00 bits per heavy atom. The number of carboxylic acids is 1. The fourth-order valence-electron chi connectivity index (χ4n) is 1.95. The molecule has 0 aliphatic rings. The van der Waals surface area contributed by atoms with Crippen LogP contribution in [0.1, 0.15) is 21.8 Å². The van der Waals surface area contributed by atoms with E-state index >= 15 is 0 Å². The molecule has 1 aromatic carbocycles.